The van der Waals surface area contributed by atoms with Crippen LogP contribution in [0.25, 0.3) is 0 Å². The fourth-order valence-corrected chi connectivity index (χ4v) is 2.29. The second kappa shape index (κ2) is 6.58. The minimum Gasteiger partial charge on any atom is -0.340 e. The molecular formula is C17H15BrN4. The molecule has 5 heteroatoms. The molecule has 1 aromatic heterocycles. The van der Waals surface area contributed by atoms with Gasteiger partial charge in [0.25, 0.3) is 0 Å². The van der Waals surface area contributed by atoms with E-state index >= 15 is 0 Å². The largest absolute Gasteiger partial charge is 0.340 e. The fourth-order valence-electron chi connectivity index (χ4n) is 2.02. The first-order valence-corrected chi connectivity index (χ1v) is 7.68. The summed E-state index contributed by atoms with van der Waals surface area (Å²) in [6.45, 7) is 2.05. The van der Waals surface area contributed by atoms with E-state index in [1.165, 1.54) is 5.56 Å². The molecule has 0 radical (unpaired) electrons. The van der Waals surface area contributed by atoms with Gasteiger partial charge in [0, 0.05) is 22.0 Å². The van der Waals surface area contributed by atoms with Gasteiger partial charge in [0.05, 0.1) is 0 Å². The summed E-state index contributed by atoms with van der Waals surface area (Å²) in [5.74, 6) is 1.31. The maximum atomic E-state index is 4.47. The Morgan fingerprint density at radius 3 is 2.50 bits per heavy atom. The first kappa shape index (κ1) is 14.5. The van der Waals surface area contributed by atoms with Crippen molar-refractivity contribution in [2.24, 2.45) is 0 Å². The van der Waals surface area contributed by atoms with Gasteiger partial charge < -0.3 is 10.6 Å². The van der Waals surface area contributed by atoms with Crippen LogP contribution in [-0.4, -0.2) is 9.97 Å². The summed E-state index contributed by atoms with van der Waals surface area (Å²) in [6.07, 6.45) is 1.73. The lowest BCUT2D eigenvalue weighted by molar-refractivity contribution is 1.16. The molecule has 0 bridgehead atoms. The molecule has 0 unspecified atom stereocenters. The average molecular weight is 355 g/mol. The topological polar surface area (TPSA) is 49.8 Å². The number of hydrogen-bond acceptors (Lipinski definition) is 4. The molecule has 2 N–H and O–H groups in total. The Balaban J connectivity index is 1.76. The van der Waals surface area contributed by atoms with E-state index in [1.807, 2.05) is 42.5 Å². The van der Waals surface area contributed by atoms with Gasteiger partial charge in [-0.3, -0.25) is 0 Å². The second-order valence-electron chi connectivity index (χ2n) is 4.89. The van der Waals surface area contributed by atoms with E-state index in [0.717, 1.165) is 21.7 Å². The van der Waals surface area contributed by atoms with Crippen LogP contribution in [0.15, 0.2) is 65.3 Å². The van der Waals surface area contributed by atoms with Gasteiger partial charge in [-0.25, -0.2) is 4.98 Å². The molecule has 0 saturated heterocycles. The summed E-state index contributed by atoms with van der Waals surface area (Å²) in [5, 5.41) is 6.47. The molecule has 0 aliphatic rings. The van der Waals surface area contributed by atoms with Crippen LogP contribution in [0.2, 0.25) is 0 Å². The van der Waals surface area contributed by atoms with Gasteiger partial charge in [-0.2, -0.15) is 4.98 Å². The van der Waals surface area contributed by atoms with Crippen LogP contribution >= 0.6 is 15.9 Å². The van der Waals surface area contributed by atoms with Gasteiger partial charge in [-0.05, 0) is 55.0 Å². The first-order chi connectivity index (χ1) is 10.7. The highest BCUT2D eigenvalue weighted by Gasteiger charge is 2.01. The number of hydrogen-bond donors (Lipinski definition) is 2. The molecule has 0 aliphatic carbocycles. The molecule has 0 fully saturated rings. The number of aryl methyl sites for hydroxylation is 1. The normalized spacial score (nSPS) is 10.3. The highest BCUT2D eigenvalue weighted by Crippen LogP contribution is 2.19. The van der Waals surface area contributed by atoms with Crippen LogP contribution in [0.5, 0.6) is 0 Å². The summed E-state index contributed by atoms with van der Waals surface area (Å²) >= 11 is 3.42. The standard InChI is InChI=1S/C17H15BrN4/c1-12-3-2-4-15(11-12)21-17-19-10-9-16(22-17)20-14-7-5-13(18)6-8-14/h2-11H,1H3,(H2,19,20,21,22). The molecule has 2 aromatic carbocycles. The number of aromatic nitrogens is 2. The molecule has 3 aromatic rings. The van der Waals surface area contributed by atoms with Crippen LogP contribution in [0, 0.1) is 6.92 Å². The third kappa shape index (κ3) is 3.83. The highest BCUT2D eigenvalue weighted by molar-refractivity contribution is 9.10. The molecule has 0 atom stereocenters. The molecule has 0 aliphatic heterocycles. The van der Waals surface area contributed by atoms with Crippen molar-refractivity contribution < 1.29 is 0 Å². The Hall–Kier alpha value is -2.40. The number of halogens is 1. The SMILES string of the molecule is Cc1cccc(Nc2nccc(Nc3ccc(Br)cc3)n2)c1. The van der Waals surface area contributed by atoms with Crippen molar-refractivity contribution in [3.05, 3.63) is 70.8 Å². The van der Waals surface area contributed by atoms with Crippen LogP contribution in [0.3, 0.4) is 0 Å². The van der Waals surface area contributed by atoms with Gasteiger partial charge in [0.15, 0.2) is 0 Å². The van der Waals surface area contributed by atoms with Crippen molar-refractivity contribution in [3.63, 3.8) is 0 Å². The lowest BCUT2D eigenvalue weighted by Crippen LogP contribution is -2.00. The van der Waals surface area contributed by atoms with E-state index in [1.54, 1.807) is 6.20 Å². The van der Waals surface area contributed by atoms with Crippen molar-refractivity contribution in [3.8, 4) is 0 Å². The Bertz CT molecular complexity index is 772. The van der Waals surface area contributed by atoms with E-state index in [4.69, 9.17) is 0 Å². The van der Waals surface area contributed by atoms with Gasteiger partial charge >= 0.3 is 0 Å². The monoisotopic (exact) mass is 354 g/mol. The van der Waals surface area contributed by atoms with E-state index in [2.05, 4.69) is 55.6 Å². The number of nitrogens with zero attached hydrogens (tertiary/aromatic N) is 2. The second-order valence-corrected chi connectivity index (χ2v) is 5.81. The number of nitrogens with one attached hydrogen (secondary N) is 2. The summed E-state index contributed by atoms with van der Waals surface area (Å²) < 4.78 is 1.04. The Kier molecular flexibility index (Phi) is 4.34. The van der Waals surface area contributed by atoms with Gasteiger partial charge in [-0.1, -0.05) is 28.1 Å². The molecule has 110 valence electrons. The van der Waals surface area contributed by atoms with E-state index in [-0.39, 0.29) is 0 Å². The minimum absolute atomic E-state index is 0.563. The Morgan fingerprint density at radius 1 is 0.909 bits per heavy atom. The quantitative estimate of drug-likeness (QED) is 0.689. The van der Waals surface area contributed by atoms with Gasteiger partial charge in [0.1, 0.15) is 5.82 Å². The van der Waals surface area contributed by atoms with Gasteiger partial charge in [0.2, 0.25) is 5.95 Å². The predicted octanol–water partition coefficient (Wildman–Crippen LogP) is 5.03. The smallest absolute Gasteiger partial charge is 0.229 e. The molecule has 22 heavy (non-hydrogen) atoms. The summed E-state index contributed by atoms with van der Waals surface area (Å²) in [7, 11) is 0. The van der Waals surface area contributed by atoms with Crippen LogP contribution in [-0.2, 0) is 0 Å². The fraction of sp³-hybridized carbons (Fsp3) is 0.0588. The third-order valence-corrected chi connectivity index (χ3v) is 3.58. The van der Waals surface area contributed by atoms with Gasteiger partial charge in [-0.15, -0.1) is 0 Å². The van der Waals surface area contributed by atoms with Crippen LogP contribution in [0.4, 0.5) is 23.1 Å². The zero-order chi connectivity index (χ0) is 15.4. The molecular weight excluding hydrogens is 340 g/mol. The third-order valence-electron chi connectivity index (χ3n) is 3.05. The van der Waals surface area contributed by atoms with Crippen molar-refractivity contribution >= 4 is 39.1 Å². The van der Waals surface area contributed by atoms with Crippen LogP contribution < -0.4 is 10.6 Å². The molecule has 0 spiro atoms. The number of anilines is 4. The van der Waals surface area contributed by atoms with Crippen molar-refractivity contribution in [1.29, 1.82) is 0 Å². The van der Waals surface area contributed by atoms with Crippen molar-refractivity contribution in [2.45, 2.75) is 6.92 Å². The zero-order valence-electron chi connectivity index (χ0n) is 12.0. The maximum Gasteiger partial charge on any atom is 0.229 e. The number of rotatable bonds is 4. The Morgan fingerprint density at radius 2 is 1.73 bits per heavy atom. The van der Waals surface area contributed by atoms with Crippen LogP contribution in [0.1, 0.15) is 5.56 Å². The molecule has 0 amide bonds. The zero-order valence-corrected chi connectivity index (χ0v) is 13.6. The number of benzene rings is 2. The lowest BCUT2D eigenvalue weighted by atomic mass is 10.2. The molecule has 3 rings (SSSR count). The first-order valence-electron chi connectivity index (χ1n) is 6.88. The molecule has 0 saturated carbocycles. The van der Waals surface area contributed by atoms with E-state index < -0.39 is 0 Å². The average Bonchev–Trinajstić information content (AvgIpc) is 2.50. The Labute approximate surface area is 137 Å². The molecule has 1 heterocycles. The van der Waals surface area contributed by atoms with E-state index in [0.29, 0.717) is 5.95 Å². The highest BCUT2D eigenvalue weighted by atomic mass is 79.9. The summed E-state index contributed by atoms with van der Waals surface area (Å²) in [4.78, 5) is 8.72. The maximum absolute atomic E-state index is 4.47. The summed E-state index contributed by atoms with van der Waals surface area (Å²) in [5.41, 5.74) is 3.14. The van der Waals surface area contributed by atoms with Crippen molar-refractivity contribution in [2.75, 3.05) is 10.6 Å². The lowest BCUT2D eigenvalue weighted by Gasteiger charge is -2.09. The summed E-state index contributed by atoms with van der Waals surface area (Å²) in [6, 6.07) is 17.9. The molecule has 4 nitrogen and oxygen atoms in total. The van der Waals surface area contributed by atoms with Crippen molar-refractivity contribution in [1.82, 2.24) is 9.97 Å². The van der Waals surface area contributed by atoms with E-state index in [9.17, 15) is 0 Å². The predicted molar refractivity (Wildman–Crippen MR) is 93.9 cm³/mol. The minimum atomic E-state index is 0.563.